The molecule has 146 valence electrons. The zero-order valence-electron chi connectivity index (χ0n) is 15.1. The lowest BCUT2D eigenvalue weighted by Gasteiger charge is -2.47. The minimum Gasteiger partial charge on any atom is -0.462 e. The number of rotatable bonds is 4. The topological polar surface area (TPSA) is 130 Å². The Kier molecular flexibility index (Phi) is 5.09. The number of nitrogens with two attached hydrogens (primary N) is 1. The molecule has 1 aliphatic rings. The van der Waals surface area contributed by atoms with E-state index in [-0.39, 0.29) is 0 Å². The standard InChI is InChI=1S/C18H21NO8/c1-18(2)15(23-3)14(26-17(19)22)13(21)16(27-18)24-10-5-6-11-9(8-10)4-7-12(20)25-11/h4-8,13-16,21H,1-3H3,(H2,19,22). The minimum atomic E-state index is -1.35. The van der Waals surface area contributed by atoms with E-state index in [9.17, 15) is 14.7 Å². The normalized spacial score (nSPS) is 27.3. The molecule has 4 atom stereocenters. The molecule has 3 N–H and O–H groups in total. The van der Waals surface area contributed by atoms with Gasteiger partial charge in [0.05, 0.1) is 5.60 Å². The van der Waals surface area contributed by atoms with Crippen molar-refractivity contribution >= 4 is 17.1 Å². The lowest BCUT2D eigenvalue weighted by molar-refractivity contribution is -0.304. The molecule has 1 aromatic carbocycles. The molecule has 4 unspecified atom stereocenters. The summed E-state index contributed by atoms with van der Waals surface area (Å²) in [6.07, 6.45) is -5.38. The highest BCUT2D eigenvalue weighted by Crippen LogP contribution is 2.34. The highest BCUT2D eigenvalue weighted by molar-refractivity contribution is 5.77. The fraction of sp³-hybridized carbons (Fsp3) is 0.444. The smallest absolute Gasteiger partial charge is 0.404 e. The number of aliphatic hydroxyl groups is 1. The van der Waals surface area contributed by atoms with Crippen molar-refractivity contribution < 1.29 is 33.3 Å². The SMILES string of the molecule is COC1C(OC(N)=O)C(O)C(Oc2ccc3oc(=O)ccc3c2)OC1(C)C. The monoisotopic (exact) mass is 379 g/mol. The first-order chi connectivity index (χ1) is 12.7. The van der Waals surface area contributed by atoms with Crippen LogP contribution < -0.4 is 16.1 Å². The average molecular weight is 379 g/mol. The van der Waals surface area contributed by atoms with Crippen molar-refractivity contribution in [1.29, 1.82) is 0 Å². The summed E-state index contributed by atoms with van der Waals surface area (Å²) in [6.45, 7) is 3.44. The summed E-state index contributed by atoms with van der Waals surface area (Å²) in [5.41, 5.74) is 4.12. The van der Waals surface area contributed by atoms with E-state index in [0.29, 0.717) is 16.7 Å². The first-order valence-electron chi connectivity index (χ1n) is 8.26. The van der Waals surface area contributed by atoms with Gasteiger partial charge in [-0.1, -0.05) is 0 Å². The van der Waals surface area contributed by atoms with E-state index in [4.69, 9.17) is 29.1 Å². The molecular weight excluding hydrogens is 358 g/mol. The van der Waals surface area contributed by atoms with Crippen LogP contribution in [0.25, 0.3) is 11.0 Å². The number of primary amides is 1. The highest BCUT2D eigenvalue weighted by atomic mass is 16.7. The Balaban J connectivity index is 1.88. The summed E-state index contributed by atoms with van der Waals surface area (Å²) in [5, 5.41) is 11.2. The molecule has 0 radical (unpaired) electrons. The zero-order valence-corrected chi connectivity index (χ0v) is 15.1. The number of amides is 1. The average Bonchev–Trinajstić information content (AvgIpc) is 2.58. The third-order valence-electron chi connectivity index (χ3n) is 4.37. The molecule has 3 rings (SSSR count). The molecular formula is C18H21NO8. The number of methoxy groups -OCH3 is 1. The van der Waals surface area contributed by atoms with E-state index in [0.717, 1.165) is 0 Å². The van der Waals surface area contributed by atoms with E-state index < -0.39 is 41.9 Å². The molecule has 1 fully saturated rings. The highest BCUT2D eigenvalue weighted by Gasteiger charge is 2.53. The number of ether oxygens (including phenoxy) is 4. The maximum atomic E-state index is 11.3. The second kappa shape index (κ2) is 7.18. The number of benzene rings is 1. The van der Waals surface area contributed by atoms with E-state index >= 15 is 0 Å². The van der Waals surface area contributed by atoms with Gasteiger partial charge in [0.1, 0.15) is 17.4 Å². The lowest BCUT2D eigenvalue weighted by Crippen LogP contribution is -2.65. The molecule has 1 aromatic heterocycles. The fourth-order valence-electron chi connectivity index (χ4n) is 3.20. The molecule has 0 saturated carbocycles. The van der Waals surface area contributed by atoms with Gasteiger partial charge >= 0.3 is 11.7 Å². The number of fused-ring (bicyclic) bond motifs is 1. The van der Waals surface area contributed by atoms with Gasteiger partial charge in [0.2, 0.25) is 6.29 Å². The second-order valence-corrected chi connectivity index (χ2v) is 6.71. The van der Waals surface area contributed by atoms with E-state index in [1.54, 1.807) is 38.1 Å². The van der Waals surface area contributed by atoms with Crippen LogP contribution in [0.1, 0.15) is 13.8 Å². The van der Waals surface area contributed by atoms with Crippen LogP contribution in [-0.4, -0.2) is 48.5 Å². The van der Waals surface area contributed by atoms with Gasteiger partial charge in [-0.25, -0.2) is 9.59 Å². The van der Waals surface area contributed by atoms with Gasteiger partial charge < -0.3 is 34.2 Å². The van der Waals surface area contributed by atoms with Gasteiger partial charge in [-0.2, -0.15) is 0 Å². The van der Waals surface area contributed by atoms with Gasteiger partial charge in [0, 0.05) is 18.6 Å². The predicted octanol–water partition coefficient (Wildman–Crippen LogP) is 1.15. The molecule has 2 heterocycles. The Bertz CT molecular complexity index is 892. The molecule has 0 bridgehead atoms. The van der Waals surface area contributed by atoms with Crippen LogP contribution in [0.5, 0.6) is 5.75 Å². The maximum absolute atomic E-state index is 11.3. The Labute approximate surface area is 154 Å². The Hall–Kier alpha value is -2.62. The van der Waals surface area contributed by atoms with Crippen molar-refractivity contribution in [2.24, 2.45) is 5.73 Å². The second-order valence-electron chi connectivity index (χ2n) is 6.71. The minimum absolute atomic E-state index is 0.366. The van der Waals surface area contributed by atoms with Crippen molar-refractivity contribution in [2.75, 3.05) is 7.11 Å². The molecule has 2 aromatic rings. The number of hydrogen-bond acceptors (Lipinski definition) is 8. The van der Waals surface area contributed by atoms with Crippen molar-refractivity contribution in [2.45, 2.75) is 44.1 Å². The lowest BCUT2D eigenvalue weighted by atomic mass is 9.89. The van der Waals surface area contributed by atoms with E-state index in [1.807, 2.05) is 0 Å². The van der Waals surface area contributed by atoms with Crippen molar-refractivity contribution in [3.63, 3.8) is 0 Å². The van der Waals surface area contributed by atoms with Gasteiger partial charge in [0.15, 0.2) is 12.2 Å². The van der Waals surface area contributed by atoms with Crippen LogP contribution in [0.4, 0.5) is 4.79 Å². The summed E-state index contributed by atoms with van der Waals surface area (Å²) < 4.78 is 27.1. The summed E-state index contributed by atoms with van der Waals surface area (Å²) in [4.78, 5) is 22.5. The number of hydrogen-bond donors (Lipinski definition) is 2. The molecule has 0 aliphatic carbocycles. The molecule has 0 spiro atoms. The Morgan fingerprint density at radius 2 is 2.00 bits per heavy atom. The van der Waals surface area contributed by atoms with Gasteiger partial charge in [-0.15, -0.1) is 0 Å². The van der Waals surface area contributed by atoms with Gasteiger partial charge in [0.25, 0.3) is 0 Å². The number of carbonyl (C=O) groups is 1. The molecule has 1 aliphatic heterocycles. The van der Waals surface area contributed by atoms with Crippen LogP contribution >= 0.6 is 0 Å². The maximum Gasteiger partial charge on any atom is 0.404 e. The van der Waals surface area contributed by atoms with Gasteiger partial charge in [-0.3, -0.25) is 0 Å². The number of aliphatic hydroxyl groups excluding tert-OH is 1. The van der Waals surface area contributed by atoms with Crippen LogP contribution in [-0.2, 0) is 14.2 Å². The van der Waals surface area contributed by atoms with Crippen LogP contribution in [0.2, 0.25) is 0 Å². The quantitative estimate of drug-likeness (QED) is 0.757. The van der Waals surface area contributed by atoms with Crippen LogP contribution in [0.15, 0.2) is 39.5 Å². The van der Waals surface area contributed by atoms with Crippen molar-refractivity contribution in [1.82, 2.24) is 0 Å². The van der Waals surface area contributed by atoms with Crippen molar-refractivity contribution in [3.8, 4) is 5.75 Å². The molecule has 1 amide bonds. The molecule has 9 nitrogen and oxygen atoms in total. The first kappa shape index (κ1) is 19.2. The number of carbonyl (C=O) groups excluding carboxylic acids is 1. The fourth-order valence-corrected chi connectivity index (χ4v) is 3.20. The van der Waals surface area contributed by atoms with Gasteiger partial charge in [-0.05, 0) is 38.1 Å². The Morgan fingerprint density at radius 1 is 1.26 bits per heavy atom. The third kappa shape index (κ3) is 3.90. The summed E-state index contributed by atoms with van der Waals surface area (Å²) in [6, 6.07) is 7.66. The zero-order chi connectivity index (χ0) is 19.8. The molecule has 1 saturated heterocycles. The first-order valence-corrected chi connectivity index (χ1v) is 8.26. The van der Waals surface area contributed by atoms with E-state index in [1.165, 1.54) is 13.2 Å². The third-order valence-corrected chi connectivity index (χ3v) is 4.37. The summed E-state index contributed by atoms with van der Waals surface area (Å²) >= 11 is 0. The summed E-state index contributed by atoms with van der Waals surface area (Å²) in [5.74, 6) is 0.366. The van der Waals surface area contributed by atoms with E-state index in [2.05, 4.69) is 0 Å². The molecule has 9 heteroatoms. The molecule has 27 heavy (non-hydrogen) atoms. The summed E-state index contributed by atoms with van der Waals surface area (Å²) in [7, 11) is 1.41. The van der Waals surface area contributed by atoms with Crippen molar-refractivity contribution in [3.05, 3.63) is 40.8 Å². The van der Waals surface area contributed by atoms with Crippen LogP contribution in [0.3, 0.4) is 0 Å². The largest absolute Gasteiger partial charge is 0.462 e. The predicted molar refractivity (Wildman–Crippen MR) is 93.3 cm³/mol. The Morgan fingerprint density at radius 3 is 2.67 bits per heavy atom. The van der Waals surface area contributed by atoms with Crippen LogP contribution in [0, 0.1) is 0 Å².